The van der Waals surface area contributed by atoms with Crippen molar-refractivity contribution in [3.8, 4) is 5.75 Å². The molecular weight excluding hydrogens is 289 g/mol. The fourth-order valence-electron chi connectivity index (χ4n) is 3.61. The summed E-state index contributed by atoms with van der Waals surface area (Å²) < 4.78 is 24.8. The smallest absolute Gasteiger partial charge is 0.407 e. The van der Waals surface area contributed by atoms with Crippen LogP contribution in [0.4, 0.5) is 9.18 Å². The Balaban J connectivity index is 1.70. The molecule has 3 rings (SSSR count). The summed E-state index contributed by atoms with van der Waals surface area (Å²) in [6.45, 7) is 0.402. The summed E-state index contributed by atoms with van der Waals surface area (Å²) in [4.78, 5) is 12.8. The van der Waals surface area contributed by atoms with E-state index in [0.717, 1.165) is 18.4 Å². The molecular formula is C16H20FNO4. The number of carbonyl (C=O) groups is 1. The highest BCUT2D eigenvalue weighted by Gasteiger charge is 2.44. The molecule has 2 bridgehead atoms. The van der Waals surface area contributed by atoms with Crippen LogP contribution in [0, 0.1) is 5.82 Å². The van der Waals surface area contributed by atoms with Gasteiger partial charge in [0.1, 0.15) is 6.10 Å². The highest BCUT2D eigenvalue weighted by atomic mass is 19.1. The number of benzene rings is 1. The minimum Gasteiger partial charge on any atom is -0.487 e. The van der Waals surface area contributed by atoms with E-state index < -0.39 is 11.9 Å². The van der Waals surface area contributed by atoms with Crippen LogP contribution in [0.5, 0.6) is 5.75 Å². The van der Waals surface area contributed by atoms with Gasteiger partial charge in [-0.05, 0) is 30.5 Å². The minimum atomic E-state index is -0.862. The van der Waals surface area contributed by atoms with E-state index in [-0.39, 0.29) is 23.9 Å². The molecule has 1 amide bonds. The van der Waals surface area contributed by atoms with Crippen molar-refractivity contribution >= 4 is 6.09 Å². The Morgan fingerprint density at radius 3 is 2.64 bits per heavy atom. The maximum absolute atomic E-state index is 13.9. The van der Waals surface area contributed by atoms with Crippen molar-refractivity contribution in [2.24, 2.45) is 0 Å². The molecule has 0 aliphatic carbocycles. The van der Waals surface area contributed by atoms with Gasteiger partial charge >= 0.3 is 6.09 Å². The standard InChI is InChI=1S/C16H20FNO4/c1-21-9-10-2-5-14(17)15(6-10)22-13-7-11-3-4-12(8-13)18(11)16(19)20/h2,5-6,11-13H,3-4,7-9H2,1H3,(H,19,20)/t11-,12+,13+. The lowest BCUT2D eigenvalue weighted by Gasteiger charge is -2.37. The molecule has 2 saturated heterocycles. The van der Waals surface area contributed by atoms with Gasteiger partial charge in [0.15, 0.2) is 11.6 Å². The van der Waals surface area contributed by atoms with E-state index in [2.05, 4.69) is 0 Å². The average Bonchev–Trinajstić information content (AvgIpc) is 2.75. The van der Waals surface area contributed by atoms with Crippen molar-refractivity contribution < 1.29 is 23.8 Å². The van der Waals surface area contributed by atoms with Crippen LogP contribution >= 0.6 is 0 Å². The first kappa shape index (κ1) is 15.1. The van der Waals surface area contributed by atoms with Gasteiger partial charge in [0.25, 0.3) is 0 Å². The van der Waals surface area contributed by atoms with Gasteiger partial charge in [0.05, 0.1) is 6.61 Å². The van der Waals surface area contributed by atoms with Gasteiger partial charge in [-0.25, -0.2) is 9.18 Å². The molecule has 2 fully saturated rings. The Morgan fingerprint density at radius 2 is 2.05 bits per heavy atom. The van der Waals surface area contributed by atoms with Crippen LogP contribution in [0.15, 0.2) is 18.2 Å². The number of carboxylic acid groups (broad SMARTS) is 1. The van der Waals surface area contributed by atoms with Gasteiger partial charge in [0.2, 0.25) is 0 Å². The number of nitrogens with zero attached hydrogens (tertiary/aromatic N) is 1. The Bertz CT molecular complexity index is 551. The first-order chi connectivity index (χ1) is 10.6. The third kappa shape index (κ3) is 2.88. The zero-order valence-corrected chi connectivity index (χ0v) is 12.5. The molecule has 6 heteroatoms. The van der Waals surface area contributed by atoms with Gasteiger partial charge in [-0.1, -0.05) is 6.07 Å². The molecule has 5 nitrogen and oxygen atoms in total. The number of methoxy groups -OCH3 is 1. The first-order valence-corrected chi connectivity index (χ1v) is 7.53. The predicted octanol–water partition coefficient (Wildman–Crippen LogP) is 3.02. The predicted molar refractivity (Wildman–Crippen MR) is 77.4 cm³/mol. The van der Waals surface area contributed by atoms with Crippen LogP contribution in [-0.4, -0.2) is 41.4 Å². The first-order valence-electron chi connectivity index (χ1n) is 7.53. The van der Waals surface area contributed by atoms with Crippen LogP contribution in [0.2, 0.25) is 0 Å². The number of amides is 1. The Kier molecular flexibility index (Phi) is 4.20. The van der Waals surface area contributed by atoms with Crippen LogP contribution in [0.3, 0.4) is 0 Å². The molecule has 3 atom stereocenters. The molecule has 0 aromatic heterocycles. The van der Waals surface area contributed by atoms with E-state index in [0.29, 0.717) is 19.4 Å². The third-order valence-corrected chi connectivity index (χ3v) is 4.51. The molecule has 0 saturated carbocycles. The second-order valence-electron chi connectivity index (χ2n) is 5.98. The quantitative estimate of drug-likeness (QED) is 0.929. The molecule has 22 heavy (non-hydrogen) atoms. The summed E-state index contributed by atoms with van der Waals surface area (Å²) >= 11 is 0. The molecule has 2 aliphatic rings. The number of ether oxygens (including phenoxy) is 2. The molecule has 2 heterocycles. The van der Waals surface area contributed by atoms with E-state index in [1.807, 2.05) is 0 Å². The lowest BCUT2D eigenvalue weighted by atomic mass is 10.00. The van der Waals surface area contributed by atoms with Crippen LogP contribution in [0.25, 0.3) is 0 Å². The van der Waals surface area contributed by atoms with Crippen LogP contribution < -0.4 is 4.74 Å². The van der Waals surface area contributed by atoms with E-state index in [1.165, 1.54) is 11.0 Å². The van der Waals surface area contributed by atoms with Crippen molar-refractivity contribution in [1.82, 2.24) is 4.90 Å². The lowest BCUT2D eigenvalue weighted by Crippen LogP contribution is -2.48. The van der Waals surface area contributed by atoms with E-state index in [1.54, 1.807) is 19.2 Å². The zero-order chi connectivity index (χ0) is 15.7. The number of fused-ring (bicyclic) bond motifs is 2. The van der Waals surface area contributed by atoms with Crippen molar-refractivity contribution in [2.45, 2.75) is 50.5 Å². The summed E-state index contributed by atoms with van der Waals surface area (Å²) in [6, 6.07) is 4.69. The molecule has 1 N–H and O–H groups in total. The number of halogens is 1. The van der Waals surface area contributed by atoms with Gasteiger partial charge < -0.3 is 19.5 Å². The Morgan fingerprint density at radius 1 is 1.36 bits per heavy atom. The molecule has 1 aromatic rings. The highest BCUT2D eigenvalue weighted by molar-refractivity contribution is 5.66. The number of hydrogen-bond acceptors (Lipinski definition) is 3. The summed E-state index contributed by atoms with van der Waals surface area (Å²) in [5.41, 5.74) is 0.852. The highest BCUT2D eigenvalue weighted by Crippen LogP contribution is 2.37. The van der Waals surface area contributed by atoms with Gasteiger partial charge in [0, 0.05) is 32.0 Å². The number of piperidine rings is 1. The summed E-state index contributed by atoms with van der Waals surface area (Å²) in [5, 5.41) is 9.25. The van der Waals surface area contributed by atoms with Gasteiger partial charge in [-0.3, -0.25) is 0 Å². The Labute approximate surface area is 128 Å². The summed E-state index contributed by atoms with van der Waals surface area (Å²) in [5.74, 6) is -0.171. The Hall–Kier alpha value is -1.82. The molecule has 120 valence electrons. The SMILES string of the molecule is COCc1ccc(F)c(O[C@H]2C[C@H]3CC[C@@H](C2)N3C(=O)O)c1. The zero-order valence-electron chi connectivity index (χ0n) is 12.5. The molecule has 1 aromatic carbocycles. The maximum Gasteiger partial charge on any atom is 0.407 e. The molecule has 0 radical (unpaired) electrons. The summed E-state index contributed by atoms with van der Waals surface area (Å²) in [7, 11) is 1.59. The number of rotatable bonds is 4. The van der Waals surface area contributed by atoms with Crippen molar-refractivity contribution in [1.29, 1.82) is 0 Å². The topological polar surface area (TPSA) is 59.0 Å². The molecule has 2 aliphatic heterocycles. The van der Waals surface area contributed by atoms with E-state index in [4.69, 9.17) is 9.47 Å². The van der Waals surface area contributed by atoms with E-state index in [9.17, 15) is 14.3 Å². The van der Waals surface area contributed by atoms with E-state index >= 15 is 0 Å². The molecule has 0 spiro atoms. The van der Waals surface area contributed by atoms with Crippen molar-refractivity contribution in [3.05, 3.63) is 29.6 Å². The normalized spacial score (nSPS) is 27.0. The monoisotopic (exact) mass is 309 g/mol. The summed E-state index contributed by atoms with van der Waals surface area (Å²) in [6.07, 6.45) is 1.97. The average molecular weight is 309 g/mol. The molecule has 0 unspecified atom stereocenters. The lowest BCUT2D eigenvalue weighted by molar-refractivity contribution is 0.0478. The number of hydrogen-bond donors (Lipinski definition) is 1. The van der Waals surface area contributed by atoms with Crippen LogP contribution in [0.1, 0.15) is 31.2 Å². The van der Waals surface area contributed by atoms with Gasteiger partial charge in [-0.15, -0.1) is 0 Å². The van der Waals surface area contributed by atoms with Crippen molar-refractivity contribution in [2.75, 3.05) is 7.11 Å². The maximum atomic E-state index is 13.9. The van der Waals surface area contributed by atoms with Crippen LogP contribution in [-0.2, 0) is 11.3 Å². The fourth-order valence-corrected chi connectivity index (χ4v) is 3.61. The second-order valence-corrected chi connectivity index (χ2v) is 5.98. The second kappa shape index (κ2) is 6.12. The fraction of sp³-hybridized carbons (Fsp3) is 0.562. The minimum absolute atomic E-state index is 0.00790. The van der Waals surface area contributed by atoms with Crippen molar-refractivity contribution in [3.63, 3.8) is 0 Å². The van der Waals surface area contributed by atoms with Gasteiger partial charge in [-0.2, -0.15) is 0 Å². The third-order valence-electron chi connectivity index (χ3n) is 4.51. The largest absolute Gasteiger partial charge is 0.487 e.